The third-order valence-electron chi connectivity index (χ3n) is 2.55. The van der Waals surface area contributed by atoms with Gasteiger partial charge in [0.05, 0.1) is 5.69 Å². The molecule has 0 unspecified atom stereocenters. The molecule has 106 valence electrons. The first-order valence-corrected chi connectivity index (χ1v) is 7.68. The molecule has 0 aliphatic heterocycles. The van der Waals surface area contributed by atoms with Crippen LogP contribution in [-0.4, -0.2) is 23.9 Å². The minimum atomic E-state index is -3.82. The van der Waals surface area contributed by atoms with Crippen LogP contribution in [0.25, 0.3) is 0 Å². The van der Waals surface area contributed by atoms with Gasteiger partial charge in [0.25, 0.3) is 15.9 Å². The number of nitrogens with one attached hydrogen (secondary N) is 1. The van der Waals surface area contributed by atoms with E-state index in [2.05, 4.69) is 25.6 Å². The Labute approximate surface area is 124 Å². The lowest BCUT2D eigenvalue weighted by Gasteiger charge is -2.07. The van der Waals surface area contributed by atoms with Crippen LogP contribution in [0.3, 0.4) is 0 Å². The number of pyridine rings is 1. The number of aryl methyl sites for hydroxylation is 1. The number of nitrogens with two attached hydrogens (primary N) is 1. The molecule has 2 aromatic heterocycles. The van der Waals surface area contributed by atoms with Gasteiger partial charge in [-0.15, -0.1) is 0 Å². The molecule has 1 amide bonds. The Bertz CT molecular complexity index is 770. The number of amides is 1. The van der Waals surface area contributed by atoms with Crippen LogP contribution in [0.15, 0.2) is 40.1 Å². The summed E-state index contributed by atoms with van der Waals surface area (Å²) in [5.41, 5.74) is 5.57. The Morgan fingerprint density at radius 2 is 2.20 bits per heavy atom. The lowest BCUT2D eigenvalue weighted by Crippen LogP contribution is -2.14. The topological polar surface area (TPSA) is 107 Å². The van der Waals surface area contributed by atoms with Gasteiger partial charge in [-0.2, -0.15) is 0 Å². The molecule has 0 aliphatic rings. The normalized spacial score (nSPS) is 11.3. The molecule has 0 radical (unpaired) electrons. The summed E-state index contributed by atoms with van der Waals surface area (Å²) in [6.07, 6.45) is 2.84. The zero-order valence-electron chi connectivity index (χ0n) is 10.4. The second-order valence-electron chi connectivity index (χ2n) is 3.98. The first-order valence-electron chi connectivity index (χ1n) is 5.41. The van der Waals surface area contributed by atoms with Crippen molar-refractivity contribution in [3.8, 4) is 0 Å². The number of hydrogen-bond acceptors (Lipinski definition) is 4. The number of rotatable bonds is 4. The average molecular weight is 359 g/mol. The van der Waals surface area contributed by atoms with E-state index in [9.17, 15) is 13.2 Å². The molecule has 2 heterocycles. The van der Waals surface area contributed by atoms with Gasteiger partial charge in [-0.05, 0) is 34.1 Å². The molecule has 0 saturated carbocycles. The van der Waals surface area contributed by atoms with Crippen LogP contribution in [0.5, 0.6) is 0 Å². The van der Waals surface area contributed by atoms with Gasteiger partial charge in [-0.1, -0.05) is 0 Å². The Morgan fingerprint density at radius 1 is 1.50 bits per heavy atom. The highest BCUT2D eigenvalue weighted by Gasteiger charge is 2.20. The van der Waals surface area contributed by atoms with Gasteiger partial charge in [0.2, 0.25) is 0 Å². The standard InChI is InChI=1S/C11H11BrN4O3S/c1-16-6-7(5-9(16)11(13)17)20(18,19)15-8-3-2-4-14-10(8)12/h2-6,15H,1H3,(H2,13,17). The number of sulfonamides is 1. The van der Waals surface area contributed by atoms with Crippen LogP contribution in [0.1, 0.15) is 10.5 Å². The molecule has 9 heteroatoms. The Hall–Kier alpha value is -1.87. The monoisotopic (exact) mass is 358 g/mol. The van der Waals surface area contributed by atoms with E-state index in [1.54, 1.807) is 19.2 Å². The highest BCUT2D eigenvalue weighted by Crippen LogP contribution is 2.23. The zero-order valence-corrected chi connectivity index (χ0v) is 12.8. The Morgan fingerprint density at radius 3 is 2.75 bits per heavy atom. The van der Waals surface area contributed by atoms with Gasteiger partial charge in [-0.25, -0.2) is 13.4 Å². The maximum atomic E-state index is 12.2. The average Bonchev–Trinajstić information content (AvgIpc) is 2.75. The largest absolute Gasteiger partial charge is 0.364 e. The highest BCUT2D eigenvalue weighted by molar-refractivity contribution is 9.10. The van der Waals surface area contributed by atoms with Crippen molar-refractivity contribution < 1.29 is 13.2 Å². The van der Waals surface area contributed by atoms with Crippen LogP contribution in [0, 0.1) is 0 Å². The number of primary amides is 1. The van der Waals surface area contributed by atoms with Crippen molar-refractivity contribution in [2.45, 2.75) is 4.90 Å². The van der Waals surface area contributed by atoms with Crippen molar-refractivity contribution >= 4 is 37.5 Å². The fraction of sp³-hybridized carbons (Fsp3) is 0.0909. The van der Waals surface area contributed by atoms with Gasteiger partial charge in [0.15, 0.2) is 0 Å². The predicted molar refractivity (Wildman–Crippen MR) is 76.7 cm³/mol. The van der Waals surface area contributed by atoms with E-state index in [1.807, 2.05) is 0 Å². The molecule has 0 saturated heterocycles. The molecular weight excluding hydrogens is 348 g/mol. The smallest absolute Gasteiger partial charge is 0.265 e. The first-order chi connectivity index (χ1) is 9.31. The van der Waals surface area contributed by atoms with Crippen molar-refractivity contribution in [3.63, 3.8) is 0 Å². The summed E-state index contributed by atoms with van der Waals surface area (Å²) < 4.78 is 28.5. The maximum Gasteiger partial charge on any atom is 0.265 e. The van der Waals surface area contributed by atoms with Crippen LogP contribution < -0.4 is 10.5 Å². The van der Waals surface area contributed by atoms with Crippen LogP contribution in [0.4, 0.5) is 5.69 Å². The van der Waals surface area contributed by atoms with Crippen molar-refractivity contribution in [1.29, 1.82) is 0 Å². The van der Waals surface area contributed by atoms with E-state index in [0.29, 0.717) is 10.3 Å². The number of aromatic nitrogens is 2. The molecular formula is C11H11BrN4O3S. The van der Waals surface area contributed by atoms with Crippen LogP contribution in [-0.2, 0) is 17.1 Å². The summed E-state index contributed by atoms with van der Waals surface area (Å²) in [6, 6.07) is 4.38. The number of halogens is 1. The second kappa shape index (κ2) is 5.25. The number of anilines is 1. The molecule has 0 bridgehead atoms. The molecule has 0 spiro atoms. The molecule has 0 aromatic carbocycles. The zero-order chi connectivity index (χ0) is 14.9. The van der Waals surface area contributed by atoms with Gasteiger partial charge in [-0.3, -0.25) is 9.52 Å². The fourth-order valence-electron chi connectivity index (χ4n) is 1.59. The van der Waals surface area contributed by atoms with Crippen molar-refractivity contribution in [3.05, 3.63) is 40.9 Å². The highest BCUT2D eigenvalue weighted by atomic mass is 79.9. The fourth-order valence-corrected chi connectivity index (χ4v) is 3.21. The summed E-state index contributed by atoms with van der Waals surface area (Å²) in [5, 5.41) is 0. The third kappa shape index (κ3) is 2.83. The van der Waals surface area contributed by atoms with Crippen LogP contribution >= 0.6 is 15.9 Å². The summed E-state index contributed by atoms with van der Waals surface area (Å²) in [7, 11) is -2.28. The maximum absolute atomic E-state index is 12.2. The van der Waals surface area contributed by atoms with E-state index >= 15 is 0 Å². The summed E-state index contributed by atoms with van der Waals surface area (Å²) in [6.45, 7) is 0. The van der Waals surface area contributed by atoms with E-state index in [4.69, 9.17) is 5.73 Å². The van der Waals surface area contributed by atoms with Gasteiger partial charge in [0.1, 0.15) is 15.2 Å². The minimum absolute atomic E-state index is 0.0513. The molecule has 7 nitrogen and oxygen atoms in total. The van der Waals surface area contributed by atoms with Gasteiger partial charge >= 0.3 is 0 Å². The van der Waals surface area contributed by atoms with Crippen molar-refractivity contribution in [2.24, 2.45) is 12.8 Å². The second-order valence-corrected chi connectivity index (χ2v) is 6.42. The van der Waals surface area contributed by atoms with Gasteiger partial charge in [0, 0.05) is 19.4 Å². The summed E-state index contributed by atoms with van der Waals surface area (Å²) in [5.74, 6) is -0.698. The minimum Gasteiger partial charge on any atom is -0.364 e. The predicted octanol–water partition coefficient (Wildman–Crippen LogP) is 1.08. The molecule has 0 aliphatic carbocycles. The Kier molecular flexibility index (Phi) is 3.82. The van der Waals surface area contributed by atoms with Gasteiger partial charge < -0.3 is 10.3 Å². The number of nitrogens with zero attached hydrogens (tertiary/aromatic N) is 2. The van der Waals surface area contributed by atoms with Crippen molar-refractivity contribution in [1.82, 2.24) is 9.55 Å². The molecule has 3 N–H and O–H groups in total. The first kappa shape index (κ1) is 14.5. The van der Waals surface area contributed by atoms with E-state index in [1.165, 1.54) is 23.0 Å². The lowest BCUT2D eigenvalue weighted by atomic mass is 10.4. The molecule has 2 aromatic rings. The van der Waals surface area contributed by atoms with E-state index in [0.717, 1.165) is 0 Å². The van der Waals surface area contributed by atoms with Crippen molar-refractivity contribution in [2.75, 3.05) is 4.72 Å². The lowest BCUT2D eigenvalue weighted by molar-refractivity contribution is 0.0992. The molecule has 0 atom stereocenters. The molecule has 2 rings (SSSR count). The van der Waals surface area contributed by atoms with E-state index < -0.39 is 15.9 Å². The molecule has 20 heavy (non-hydrogen) atoms. The summed E-state index contributed by atoms with van der Waals surface area (Å²) in [4.78, 5) is 15.0. The number of hydrogen-bond donors (Lipinski definition) is 2. The molecule has 0 fully saturated rings. The number of carbonyl (C=O) groups is 1. The summed E-state index contributed by atoms with van der Waals surface area (Å²) >= 11 is 3.15. The van der Waals surface area contributed by atoms with E-state index in [-0.39, 0.29) is 10.6 Å². The Balaban J connectivity index is 2.39. The van der Waals surface area contributed by atoms with Crippen LogP contribution in [0.2, 0.25) is 0 Å². The third-order valence-corrected chi connectivity index (χ3v) is 4.51. The SMILES string of the molecule is Cn1cc(S(=O)(=O)Nc2cccnc2Br)cc1C(N)=O. The quantitative estimate of drug-likeness (QED) is 0.797. The number of carbonyl (C=O) groups excluding carboxylic acids is 1.